The van der Waals surface area contributed by atoms with Crippen molar-refractivity contribution >= 4 is 34.9 Å². The van der Waals surface area contributed by atoms with E-state index in [1.807, 2.05) is 24.3 Å². The van der Waals surface area contributed by atoms with Crippen LogP contribution in [0.5, 0.6) is 5.75 Å². The second-order valence-electron chi connectivity index (χ2n) is 9.45. The summed E-state index contributed by atoms with van der Waals surface area (Å²) in [5.74, 6) is 4.74. The minimum Gasteiger partial charge on any atom is -0.497 e. The lowest BCUT2D eigenvalue weighted by molar-refractivity contribution is 0.414. The third-order valence-corrected chi connectivity index (χ3v) is 6.74. The van der Waals surface area contributed by atoms with Crippen molar-refractivity contribution in [2.24, 2.45) is 11.8 Å². The van der Waals surface area contributed by atoms with Crippen LogP contribution in [0.4, 0.5) is 17.6 Å². The molecule has 0 aliphatic carbocycles. The average Bonchev–Trinajstić information content (AvgIpc) is 2.83. The van der Waals surface area contributed by atoms with Gasteiger partial charge in [-0.3, -0.25) is 0 Å². The van der Waals surface area contributed by atoms with Crippen molar-refractivity contribution in [1.82, 2.24) is 15.3 Å². The number of ether oxygens (including phenoxy) is 1. The normalized spacial score (nSPS) is 20.9. The summed E-state index contributed by atoms with van der Waals surface area (Å²) in [7, 11) is 1.67. The minimum absolute atomic E-state index is 0.521. The molecule has 3 heterocycles. The molecule has 0 amide bonds. The molecule has 2 fully saturated rings. The molecule has 178 valence electrons. The van der Waals surface area contributed by atoms with Gasteiger partial charge in [-0.15, -0.1) is 0 Å². The summed E-state index contributed by atoms with van der Waals surface area (Å²) < 4.78 is 5.23. The lowest BCUT2D eigenvalue weighted by Gasteiger charge is -2.35. The number of anilines is 3. The Morgan fingerprint density at radius 3 is 2.09 bits per heavy atom. The monoisotopic (exact) mass is 468 g/mol. The summed E-state index contributed by atoms with van der Waals surface area (Å²) in [6, 6.07) is 10.1. The first-order chi connectivity index (χ1) is 16.0. The maximum absolute atomic E-state index is 5.57. The third-order valence-electron chi connectivity index (χ3n) is 6.50. The number of nitrogens with zero attached hydrogens (tertiary/aromatic N) is 4. The summed E-state index contributed by atoms with van der Waals surface area (Å²) in [5.41, 5.74) is 1.12. The van der Waals surface area contributed by atoms with Crippen LogP contribution in [0.25, 0.3) is 0 Å². The van der Waals surface area contributed by atoms with E-state index >= 15 is 0 Å². The van der Waals surface area contributed by atoms with Crippen molar-refractivity contribution in [3.63, 3.8) is 0 Å². The zero-order valence-corrected chi connectivity index (χ0v) is 20.8. The van der Waals surface area contributed by atoms with Crippen LogP contribution in [0, 0.1) is 11.8 Å². The van der Waals surface area contributed by atoms with Crippen molar-refractivity contribution in [3.8, 4) is 5.75 Å². The van der Waals surface area contributed by atoms with Crippen LogP contribution in [0.1, 0.15) is 45.1 Å². The van der Waals surface area contributed by atoms with Crippen LogP contribution in [0.3, 0.4) is 0 Å². The second kappa shape index (κ2) is 11.0. The molecule has 0 unspecified atom stereocenters. The molecule has 1 aromatic heterocycles. The van der Waals surface area contributed by atoms with E-state index in [4.69, 9.17) is 26.9 Å². The summed E-state index contributed by atoms with van der Waals surface area (Å²) in [4.78, 5) is 14.5. The number of benzene rings is 1. The molecule has 2 atom stereocenters. The van der Waals surface area contributed by atoms with Gasteiger partial charge in [0.15, 0.2) is 5.11 Å². The molecule has 2 aliphatic rings. The van der Waals surface area contributed by atoms with Crippen LogP contribution in [-0.4, -0.2) is 48.4 Å². The van der Waals surface area contributed by atoms with E-state index in [0.29, 0.717) is 29.4 Å². The van der Waals surface area contributed by atoms with Gasteiger partial charge in [-0.2, -0.15) is 9.97 Å². The lowest BCUT2D eigenvalue weighted by Crippen LogP contribution is -2.37. The van der Waals surface area contributed by atoms with E-state index < -0.39 is 0 Å². The largest absolute Gasteiger partial charge is 0.497 e. The number of rotatable bonds is 6. The number of piperidine rings is 2. The molecule has 0 saturated carbocycles. The second-order valence-corrected chi connectivity index (χ2v) is 9.86. The lowest BCUT2D eigenvalue weighted by atomic mass is 10.00. The van der Waals surface area contributed by atoms with Crippen LogP contribution < -0.4 is 25.2 Å². The first-order valence-corrected chi connectivity index (χ1v) is 12.5. The van der Waals surface area contributed by atoms with E-state index in [1.54, 1.807) is 7.11 Å². The molecule has 1 aromatic carbocycles. The van der Waals surface area contributed by atoms with Gasteiger partial charge >= 0.3 is 0 Å². The predicted octanol–water partition coefficient (Wildman–Crippen LogP) is 4.44. The number of nitrogens with one attached hydrogen (secondary N) is 2. The SMILES string of the molecule is COc1ccc(CNC(=S)Nc2nc(N3CCC[C@@H](C)C3)cc(N3CCC[C@H](C)C3)n2)cc1. The van der Waals surface area contributed by atoms with Gasteiger partial charge in [-0.05, 0) is 67.4 Å². The van der Waals surface area contributed by atoms with E-state index in [2.05, 4.69) is 40.3 Å². The van der Waals surface area contributed by atoms with Gasteiger partial charge < -0.3 is 25.2 Å². The fraction of sp³-hybridized carbons (Fsp3) is 0.560. The maximum Gasteiger partial charge on any atom is 0.232 e. The molecule has 7 nitrogen and oxygen atoms in total. The average molecular weight is 469 g/mol. The highest BCUT2D eigenvalue weighted by atomic mass is 32.1. The van der Waals surface area contributed by atoms with Gasteiger partial charge in [-0.25, -0.2) is 0 Å². The Kier molecular flexibility index (Phi) is 7.85. The molecule has 0 bridgehead atoms. The van der Waals surface area contributed by atoms with Gasteiger partial charge in [-0.1, -0.05) is 26.0 Å². The number of methoxy groups -OCH3 is 1. The highest BCUT2D eigenvalue weighted by Gasteiger charge is 2.23. The first-order valence-electron chi connectivity index (χ1n) is 12.1. The van der Waals surface area contributed by atoms with E-state index in [-0.39, 0.29) is 0 Å². The molecule has 0 radical (unpaired) electrons. The molecular weight excluding hydrogens is 432 g/mol. The van der Waals surface area contributed by atoms with Crippen LogP contribution in [-0.2, 0) is 6.54 Å². The summed E-state index contributed by atoms with van der Waals surface area (Å²) in [6.07, 6.45) is 4.96. The van der Waals surface area contributed by atoms with Gasteiger partial charge in [0.1, 0.15) is 17.4 Å². The first kappa shape index (κ1) is 23.5. The molecule has 33 heavy (non-hydrogen) atoms. The molecule has 2 saturated heterocycles. The highest BCUT2D eigenvalue weighted by molar-refractivity contribution is 7.80. The minimum atomic E-state index is 0.521. The Morgan fingerprint density at radius 2 is 1.58 bits per heavy atom. The quantitative estimate of drug-likeness (QED) is 0.603. The molecule has 0 spiro atoms. The maximum atomic E-state index is 5.57. The molecular formula is C25H36N6OS. The third kappa shape index (κ3) is 6.47. The zero-order chi connectivity index (χ0) is 23.2. The predicted molar refractivity (Wildman–Crippen MR) is 139 cm³/mol. The van der Waals surface area contributed by atoms with Gasteiger partial charge in [0.25, 0.3) is 0 Å². The van der Waals surface area contributed by atoms with E-state index in [9.17, 15) is 0 Å². The van der Waals surface area contributed by atoms with Gasteiger partial charge in [0.05, 0.1) is 7.11 Å². The summed E-state index contributed by atoms with van der Waals surface area (Å²) >= 11 is 5.57. The smallest absolute Gasteiger partial charge is 0.232 e. The standard InChI is InChI=1S/C25H36N6OS/c1-18-6-4-12-30(16-18)22-14-23(31-13-5-7-19(2)17-31)28-24(27-22)29-25(33)26-15-20-8-10-21(32-3)11-9-20/h8-11,14,18-19H,4-7,12-13,15-17H2,1-3H3,(H2,26,27,28,29,33)/t18-,19+. The fourth-order valence-electron chi connectivity index (χ4n) is 4.67. The zero-order valence-electron chi connectivity index (χ0n) is 20.0. The number of hydrogen-bond donors (Lipinski definition) is 2. The molecule has 4 rings (SSSR count). The van der Waals surface area contributed by atoms with Gasteiger partial charge in [0, 0.05) is 38.8 Å². The van der Waals surface area contributed by atoms with Crippen molar-refractivity contribution in [3.05, 3.63) is 35.9 Å². The van der Waals surface area contributed by atoms with Crippen LogP contribution in [0.15, 0.2) is 30.3 Å². The summed E-state index contributed by atoms with van der Waals surface area (Å²) in [5, 5.41) is 7.03. The molecule has 2 aliphatic heterocycles. The Hall–Kier alpha value is -2.61. The van der Waals surface area contributed by atoms with E-state index in [1.165, 1.54) is 25.7 Å². The van der Waals surface area contributed by atoms with Crippen molar-refractivity contribution in [1.29, 1.82) is 0 Å². The van der Waals surface area contributed by atoms with Crippen LogP contribution in [0.2, 0.25) is 0 Å². The van der Waals surface area contributed by atoms with Crippen molar-refractivity contribution in [2.45, 2.75) is 46.1 Å². The molecule has 2 N–H and O–H groups in total. The fourth-order valence-corrected chi connectivity index (χ4v) is 4.83. The Balaban J connectivity index is 1.48. The highest BCUT2D eigenvalue weighted by Crippen LogP contribution is 2.28. The Morgan fingerprint density at radius 1 is 1.00 bits per heavy atom. The number of thiocarbonyl (C=S) groups is 1. The number of aromatic nitrogens is 2. The topological polar surface area (TPSA) is 65.6 Å². The molecule has 8 heteroatoms. The Bertz CT molecular complexity index is 897. The van der Waals surface area contributed by atoms with E-state index in [0.717, 1.165) is 49.1 Å². The molecule has 2 aromatic rings. The van der Waals surface area contributed by atoms with Crippen molar-refractivity contribution in [2.75, 3.05) is 48.4 Å². The Labute approximate surface area is 202 Å². The summed E-state index contributed by atoms with van der Waals surface area (Å²) in [6.45, 7) is 9.40. The van der Waals surface area contributed by atoms with Gasteiger partial charge in [0.2, 0.25) is 5.95 Å². The van der Waals surface area contributed by atoms with Crippen molar-refractivity contribution < 1.29 is 4.74 Å². The number of hydrogen-bond acceptors (Lipinski definition) is 6. The van der Waals surface area contributed by atoms with Crippen LogP contribution >= 0.6 is 12.2 Å².